The van der Waals surface area contributed by atoms with Crippen LogP contribution >= 0.6 is 24.0 Å². The summed E-state index contributed by atoms with van der Waals surface area (Å²) in [6.45, 7) is 3.71. The minimum atomic E-state index is -0.291. The lowest BCUT2D eigenvalue weighted by Gasteiger charge is -2.39. The molecule has 22 heavy (non-hydrogen) atoms. The SMILES string of the molecule is CCOC(=S)SC(CCC(=O)OC)CC1CC(=O)N1C(C)=O. The van der Waals surface area contributed by atoms with Crippen molar-refractivity contribution in [1.82, 2.24) is 4.90 Å². The highest BCUT2D eigenvalue weighted by Crippen LogP contribution is 2.31. The standard InChI is InChI=1S/C14H21NO5S2/c1-4-20-14(21)22-11(5-6-13(18)19-3)7-10-8-12(17)15(10)9(2)16/h10-11H,4-8H2,1-3H3. The van der Waals surface area contributed by atoms with Crippen LogP contribution in [0.4, 0.5) is 0 Å². The Hall–Kier alpha value is -1.15. The molecule has 1 rings (SSSR count). The second-order valence-electron chi connectivity index (χ2n) is 4.91. The zero-order chi connectivity index (χ0) is 16.7. The van der Waals surface area contributed by atoms with Crippen LogP contribution < -0.4 is 0 Å². The summed E-state index contributed by atoms with van der Waals surface area (Å²) in [7, 11) is 1.34. The molecule has 0 aliphatic carbocycles. The average molecular weight is 347 g/mol. The first-order valence-electron chi connectivity index (χ1n) is 7.11. The maximum atomic E-state index is 11.5. The first-order valence-corrected chi connectivity index (χ1v) is 8.40. The summed E-state index contributed by atoms with van der Waals surface area (Å²) < 4.78 is 10.3. The molecule has 0 spiro atoms. The number of esters is 1. The second-order valence-corrected chi connectivity index (χ2v) is 6.82. The van der Waals surface area contributed by atoms with Crippen molar-refractivity contribution < 1.29 is 23.9 Å². The van der Waals surface area contributed by atoms with Crippen LogP contribution in [0.15, 0.2) is 0 Å². The predicted molar refractivity (Wildman–Crippen MR) is 87.4 cm³/mol. The van der Waals surface area contributed by atoms with E-state index in [9.17, 15) is 14.4 Å². The maximum absolute atomic E-state index is 11.5. The Labute approximate surface area is 139 Å². The number of imide groups is 1. The van der Waals surface area contributed by atoms with Crippen LogP contribution in [0.3, 0.4) is 0 Å². The summed E-state index contributed by atoms with van der Waals surface area (Å²) in [5.74, 6) is -0.687. The summed E-state index contributed by atoms with van der Waals surface area (Å²) in [5, 5.41) is -0.00176. The number of nitrogens with zero attached hydrogens (tertiary/aromatic N) is 1. The molecule has 1 saturated heterocycles. The van der Waals surface area contributed by atoms with E-state index in [-0.39, 0.29) is 35.5 Å². The minimum Gasteiger partial charge on any atom is -0.479 e. The lowest BCUT2D eigenvalue weighted by molar-refractivity contribution is -0.157. The molecule has 124 valence electrons. The van der Waals surface area contributed by atoms with Gasteiger partial charge in [-0.15, -0.1) is 0 Å². The van der Waals surface area contributed by atoms with Crippen LogP contribution in [0, 0.1) is 0 Å². The number of β-lactam (4-membered cyclic amide) rings is 1. The van der Waals surface area contributed by atoms with E-state index in [4.69, 9.17) is 17.0 Å². The number of thioether (sulfide) groups is 1. The van der Waals surface area contributed by atoms with Gasteiger partial charge in [-0.25, -0.2) is 0 Å². The number of hydrogen-bond donors (Lipinski definition) is 0. The maximum Gasteiger partial charge on any atom is 0.305 e. The van der Waals surface area contributed by atoms with Gasteiger partial charge in [-0.3, -0.25) is 19.3 Å². The fourth-order valence-electron chi connectivity index (χ4n) is 2.30. The number of methoxy groups -OCH3 is 1. The highest BCUT2D eigenvalue weighted by atomic mass is 32.2. The number of carbonyl (C=O) groups excluding carboxylic acids is 3. The topological polar surface area (TPSA) is 72.9 Å². The molecule has 6 nitrogen and oxygen atoms in total. The van der Waals surface area contributed by atoms with Gasteiger partial charge in [0.1, 0.15) is 0 Å². The van der Waals surface area contributed by atoms with Crippen LogP contribution in [0.1, 0.15) is 39.5 Å². The Kier molecular flexibility index (Phi) is 7.81. The molecule has 2 atom stereocenters. The van der Waals surface area contributed by atoms with Gasteiger partial charge >= 0.3 is 5.97 Å². The van der Waals surface area contributed by atoms with Crippen molar-refractivity contribution in [2.75, 3.05) is 13.7 Å². The number of carbonyl (C=O) groups is 3. The zero-order valence-electron chi connectivity index (χ0n) is 13.0. The average Bonchev–Trinajstić information content (AvgIpc) is 2.42. The number of likely N-dealkylation sites (tertiary alicyclic amines) is 1. The van der Waals surface area contributed by atoms with Gasteiger partial charge in [0, 0.05) is 31.1 Å². The third kappa shape index (κ3) is 5.57. The van der Waals surface area contributed by atoms with Crippen LogP contribution in [0.25, 0.3) is 0 Å². The van der Waals surface area contributed by atoms with Crippen LogP contribution in [0.5, 0.6) is 0 Å². The highest BCUT2D eigenvalue weighted by Gasteiger charge is 2.40. The molecule has 1 aliphatic rings. The zero-order valence-corrected chi connectivity index (χ0v) is 14.6. The van der Waals surface area contributed by atoms with Gasteiger partial charge in [0.25, 0.3) is 0 Å². The van der Waals surface area contributed by atoms with Gasteiger partial charge < -0.3 is 9.47 Å². The third-order valence-corrected chi connectivity index (χ3v) is 4.82. The van der Waals surface area contributed by atoms with Crippen molar-refractivity contribution in [2.24, 2.45) is 0 Å². The molecule has 0 aromatic rings. The van der Waals surface area contributed by atoms with E-state index in [0.717, 1.165) is 0 Å². The van der Waals surface area contributed by atoms with E-state index in [1.807, 2.05) is 6.92 Å². The Balaban J connectivity index is 2.60. The Bertz CT molecular complexity index is 447. The van der Waals surface area contributed by atoms with Crippen molar-refractivity contribution in [3.8, 4) is 0 Å². The van der Waals surface area contributed by atoms with Crippen molar-refractivity contribution >= 4 is 46.1 Å². The normalized spacial score (nSPS) is 18.4. The molecule has 0 radical (unpaired) electrons. The summed E-state index contributed by atoms with van der Waals surface area (Å²) >= 11 is 6.49. The quantitative estimate of drug-likeness (QED) is 0.396. The minimum absolute atomic E-state index is 0.00176. The molecule has 1 fully saturated rings. The van der Waals surface area contributed by atoms with Crippen LogP contribution in [-0.4, -0.2) is 52.1 Å². The van der Waals surface area contributed by atoms with Crippen molar-refractivity contribution in [3.63, 3.8) is 0 Å². The Morgan fingerprint density at radius 2 is 2.18 bits per heavy atom. The largest absolute Gasteiger partial charge is 0.479 e. The lowest BCUT2D eigenvalue weighted by atomic mass is 9.95. The van der Waals surface area contributed by atoms with Gasteiger partial charge in [-0.05, 0) is 32.0 Å². The Morgan fingerprint density at radius 1 is 1.50 bits per heavy atom. The van der Waals surface area contributed by atoms with Gasteiger partial charge in [0.05, 0.1) is 13.7 Å². The molecule has 1 heterocycles. The summed E-state index contributed by atoms with van der Waals surface area (Å²) in [5.41, 5.74) is 0. The molecule has 1 aliphatic heterocycles. The van der Waals surface area contributed by atoms with Crippen molar-refractivity contribution in [3.05, 3.63) is 0 Å². The third-order valence-electron chi connectivity index (χ3n) is 3.34. The molecular weight excluding hydrogens is 326 g/mol. The Morgan fingerprint density at radius 3 is 2.68 bits per heavy atom. The van der Waals surface area contributed by atoms with Gasteiger partial charge in [0.2, 0.25) is 16.2 Å². The lowest BCUT2D eigenvalue weighted by Crippen LogP contribution is -2.55. The van der Waals surface area contributed by atoms with E-state index in [1.54, 1.807) is 0 Å². The van der Waals surface area contributed by atoms with Gasteiger partial charge in [-0.2, -0.15) is 0 Å². The second kappa shape index (κ2) is 9.09. The van der Waals surface area contributed by atoms with Crippen molar-refractivity contribution in [1.29, 1.82) is 0 Å². The van der Waals surface area contributed by atoms with E-state index in [2.05, 4.69) is 4.74 Å². The van der Waals surface area contributed by atoms with E-state index in [0.29, 0.717) is 30.3 Å². The summed E-state index contributed by atoms with van der Waals surface area (Å²) in [6, 6.07) is -0.121. The summed E-state index contributed by atoms with van der Waals surface area (Å²) in [6.07, 6.45) is 1.78. The molecule has 2 amide bonds. The highest BCUT2D eigenvalue weighted by molar-refractivity contribution is 8.23. The van der Waals surface area contributed by atoms with Crippen LogP contribution in [-0.2, 0) is 23.9 Å². The first-order chi connectivity index (χ1) is 10.4. The number of ether oxygens (including phenoxy) is 2. The van der Waals surface area contributed by atoms with Gasteiger partial charge in [0.15, 0.2) is 0 Å². The van der Waals surface area contributed by atoms with E-state index >= 15 is 0 Å². The first kappa shape index (κ1) is 18.9. The van der Waals surface area contributed by atoms with E-state index in [1.165, 1.54) is 30.7 Å². The molecule has 0 N–H and O–H groups in total. The fourth-order valence-corrected chi connectivity index (χ4v) is 3.84. The van der Waals surface area contributed by atoms with E-state index < -0.39 is 0 Å². The number of amides is 2. The van der Waals surface area contributed by atoms with Gasteiger partial charge in [-0.1, -0.05) is 11.8 Å². The monoisotopic (exact) mass is 347 g/mol. The molecular formula is C14H21NO5S2. The number of thiocarbonyl (C=S) groups is 1. The smallest absolute Gasteiger partial charge is 0.305 e. The molecule has 0 bridgehead atoms. The predicted octanol–water partition coefficient (Wildman–Crippen LogP) is 1.90. The molecule has 0 aromatic carbocycles. The van der Waals surface area contributed by atoms with Crippen molar-refractivity contribution in [2.45, 2.75) is 50.8 Å². The fraction of sp³-hybridized carbons (Fsp3) is 0.714. The molecule has 0 aromatic heterocycles. The summed E-state index contributed by atoms with van der Waals surface area (Å²) in [4.78, 5) is 35.5. The molecule has 0 saturated carbocycles. The number of hydrogen-bond acceptors (Lipinski definition) is 7. The molecule has 2 unspecified atom stereocenters. The molecule has 8 heteroatoms. The number of rotatable bonds is 7. The van der Waals surface area contributed by atoms with Crippen LogP contribution in [0.2, 0.25) is 0 Å².